The predicted octanol–water partition coefficient (Wildman–Crippen LogP) is 3.46. The van der Waals surface area contributed by atoms with Gasteiger partial charge in [-0.15, -0.1) is 0 Å². The number of likely N-dealkylation sites (tertiary alicyclic amines) is 1. The van der Waals surface area contributed by atoms with Crippen LogP contribution in [0, 0.1) is 19.8 Å². The molecule has 2 aromatic rings. The van der Waals surface area contributed by atoms with Crippen LogP contribution in [-0.2, 0) is 6.42 Å². The van der Waals surface area contributed by atoms with E-state index in [0.29, 0.717) is 0 Å². The quantitative estimate of drug-likeness (QED) is 0.883. The number of benzene rings is 1. The summed E-state index contributed by atoms with van der Waals surface area (Å²) in [6, 6.07) is 12.8. The summed E-state index contributed by atoms with van der Waals surface area (Å²) in [5.74, 6) is 1.50. The van der Waals surface area contributed by atoms with E-state index in [1.807, 2.05) is 19.9 Å². The number of anilines is 1. The largest absolute Gasteiger partial charge is 0.354 e. The zero-order chi connectivity index (χ0) is 16.8. The Morgan fingerprint density at radius 1 is 1.04 bits per heavy atom. The molecule has 1 saturated heterocycles. The Bertz CT molecular complexity index is 613. The maximum Gasteiger partial charge on any atom is 0.223 e. The summed E-state index contributed by atoms with van der Waals surface area (Å²) in [7, 11) is 0. The standard InChI is InChI=1S/C20H28N4/c1-16-14-17(2)23-20(22-16)21-15-19-9-12-24(13-10-19)11-8-18-6-4-3-5-7-18/h3-7,14,19H,8-13,15H2,1-2H3,(H,21,22,23). The molecule has 1 aromatic heterocycles. The molecule has 24 heavy (non-hydrogen) atoms. The molecule has 2 heterocycles. The normalized spacial score (nSPS) is 16.2. The Labute approximate surface area is 145 Å². The van der Waals surface area contributed by atoms with E-state index < -0.39 is 0 Å². The third-order valence-electron chi connectivity index (χ3n) is 4.80. The Kier molecular flexibility index (Phi) is 5.81. The lowest BCUT2D eigenvalue weighted by molar-refractivity contribution is 0.191. The number of nitrogens with zero attached hydrogens (tertiary/aromatic N) is 3. The van der Waals surface area contributed by atoms with Crippen LogP contribution in [0.4, 0.5) is 5.95 Å². The van der Waals surface area contributed by atoms with E-state index in [4.69, 9.17) is 0 Å². The highest BCUT2D eigenvalue weighted by Gasteiger charge is 2.19. The molecule has 0 aliphatic carbocycles. The van der Waals surface area contributed by atoms with Gasteiger partial charge in [-0.2, -0.15) is 0 Å². The van der Waals surface area contributed by atoms with Gasteiger partial charge in [-0.25, -0.2) is 9.97 Å². The monoisotopic (exact) mass is 324 g/mol. The zero-order valence-corrected chi connectivity index (χ0v) is 14.8. The molecule has 0 radical (unpaired) electrons. The van der Waals surface area contributed by atoms with Crippen LogP contribution in [0.2, 0.25) is 0 Å². The van der Waals surface area contributed by atoms with Crippen molar-refractivity contribution in [3.63, 3.8) is 0 Å². The second-order valence-corrected chi connectivity index (χ2v) is 6.88. The molecule has 1 fully saturated rings. The second kappa shape index (κ2) is 8.25. The topological polar surface area (TPSA) is 41.1 Å². The molecule has 1 aliphatic heterocycles. The molecule has 4 nitrogen and oxygen atoms in total. The van der Waals surface area contributed by atoms with Crippen molar-refractivity contribution in [3.8, 4) is 0 Å². The fourth-order valence-electron chi connectivity index (χ4n) is 3.39. The van der Waals surface area contributed by atoms with Crippen LogP contribution in [0.3, 0.4) is 0 Å². The third kappa shape index (κ3) is 5.03. The molecule has 0 atom stereocenters. The van der Waals surface area contributed by atoms with Crippen LogP contribution in [-0.4, -0.2) is 41.0 Å². The Morgan fingerprint density at radius 2 is 1.71 bits per heavy atom. The van der Waals surface area contributed by atoms with Gasteiger partial charge in [0.2, 0.25) is 5.95 Å². The number of rotatable bonds is 6. The van der Waals surface area contributed by atoms with Crippen molar-refractivity contribution in [2.24, 2.45) is 5.92 Å². The summed E-state index contributed by atoms with van der Waals surface area (Å²) in [5, 5.41) is 3.43. The van der Waals surface area contributed by atoms with Crippen LogP contribution in [0.1, 0.15) is 29.8 Å². The Morgan fingerprint density at radius 3 is 2.38 bits per heavy atom. The minimum Gasteiger partial charge on any atom is -0.354 e. The van der Waals surface area contributed by atoms with Crippen LogP contribution in [0.15, 0.2) is 36.4 Å². The van der Waals surface area contributed by atoms with Gasteiger partial charge < -0.3 is 10.2 Å². The van der Waals surface area contributed by atoms with Gasteiger partial charge in [0.1, 0.15) is 0 Å². The van der Waals surface area contributed by atoms with E-state index in [1.54, 1.807) is 0 Å². The van der Waals surface area contributed by atoms with Gasteiger partial charge in [-0.3, -0.25) is 0 Å². The maximum atomic E-state index is 4.46. The van der Waals surface area contributed by atoms with Crippen molar-refractivity contribution < 1.29 is 0 Å². The summed E-state index contributed by atoms with van der Waals surface area (Å²) in [5.41, 5.74) is 3.50. The van der Waals surface area contributed by atoms with Crippen LogP contribution >= 0.6 is 0 Å². The number of hydrogen-bond acceptors (Lipinski definition) is 4. The van der Waals surface area contributed by atoms with E-state index in [0.717, 1.165) is 36.2 Å². The van der Waals surface area contributed by atoms with Crippen molar-refractivity contribution in [3.05, 3.63) is 53.3 Å². The van der Waals surface area contributed by atoms with Crippen molar-refractivity contribution >= 4 is 5.95 Å². The molecular weight excluding hydrogens is 296 g/mol. The zero-order valence-electron chi connectivity index (χ0n) is 14.8. The summed E-state index contributed by atoms with van der Waals surface area (Å²) < 4.78 is 0. The third-order valence-corrected chi connectivity index (χ3v) is 4.80. The SMILES string of the molecule is Cc1cc(C)nc(NCC2CCN(CCc3ccccc3)CC2)n1. The average molecular weight is 324 g/mol. The fraction of sp³-hybridized carbons (Fsp3) is 0.500. The van der Waals surface area contributed by atoms with E-state index in [1.165, 1.54) is 38.0 Å². The van der Waals surface area contributed by atoms with Gasteiger partial charge in [0.25, 0.3) is 0 Å². The molecule has 128 valence electrons. The lowest BCUT2D eigenvalue weighted by Gasteiger charge is -2.32. The molecule has 1 aliphatic rings. The molecule has 1 N–H and O–H groups in total. The molecule has 0 saturated carbocycles. The van der Waals surface area contributed by atoms with Gasteiger partial charge in [0.15, 0.2) is 0 Å². The lowest BCUT2D eigenvalue weighted by atomic mass is 9.96. The van der Waals surface area contributed by atoms with E-state index in [9.17, 15) is 0 Å². The molecule has 0 spiro atoms. The highest BCUT2D eigenvalue weighted by atomic mass is 15.1. The minimum absolute atomic E-state index is 0.724. The lowest BCUT2D eigenvalue weighted by Crippen LogP contribution is -2.37. The summed E-state index contributed by atoms with van der Waals surface area (Å²) >= 11 is 0. The van der Waals surface area contributed by atoms with Gasteiger partial charge in [0, 0.05) is 24.5 Å². The number of nitrogens with one attached hydrogen (secondary N) is 1. The van der Waals surface area contributed by atoms with Crippen molar-refractivity contribution in [2.45, 2.75) is 33.1 Å². The van der Waals surface area contributed by atoms with Crippen LogP contribution < -0.4 is 5.32 Å². The first-order chi connectivity index (χ1) is 11.7. The summed E-state index contributed by atoms with van der Waals surface area (Å²) in [6.07, 6.45) is 3.67. The first-order valence-electron chi connectivity index (χ1n) is 9.01. The first kappa shape index (κ1) is 16.9. The number of hydrogen-bond donors (Lipinski definition) is 1. The Hall–Kier alpha value is -1.94. The van der Waals surface area contributed by atoms with Gasteiger partial charge >= 0.3 is 0 Å². The molecule has 0 amide bonds. The number of aryl methyl sites for hydroxylation is 2. The summed E-state index contributed by atoms with van der Waals surface area (Å²) in [6.45, 7) is 8.59. The van der Waals surface area contributed by atoms with E-state index in [2.05, 4.69) is 50.5 Å². The Balaban J connectivity index is 1.39. The predicted molar refractivity (Wildman–Crippen MR) is 99.3 cm³/mol. The van der Waals surface area contributed by atoms with Crippen molar-refractivity contribution in [2.75, 3.05) is 31.5 Å². The molecule has 4 heteroatoms. The summed E-state index contributed by atoms with van der Waals surface area (Å²) in [4.78, 5) is 11.5. The van der Waals surface area contributed by atoms with Crippen LogP contribution in [0.5, 0.6) is 0 Å². The highest BCUT2D eigenvalue weighted by Crippen LogP contribution is 2.18. The minimum atomic E-state index is 0.724. The molecule has 0 unspecified atom stereocenters. The molecule has 1 aromatic carbocycles. The van der Waals surface area contributed by atoms with Gasteiger partial charge in [0.05, 0.1) is 0 Å². The van der Waals surface area contributed by atoms with E-state index in [-0.39, 0.29) is 0 Å². The molecule has 0 bridgehead atoms. The smallest absolute Gasteiger partial charge is 0.223 e. The maximum absolute atomic E-state index is 4.46. The average Bonchev–Trinajstić information content (AvgIpc) is 2.59. The van der Waals surface area contributed by atoms with Crippen molar-refractivity contribution in [1.82, 2.24) is 14.9 Å². The first-order valence-corrected chi connectivity index (χ1v) is 9.01. The van der Waals surface area contributed by atoms with Gasteiger partial charge in [-0.1, -0.05) is 30.3 Å². The van der Waals surface area contributed by atoms with E-state index >= 15 is 0 Å². The van der Waals surface area contributed by atoms with Gasteiger partial charge in [-0.05, 0) is 63.7 Å². The number of piperidine rings is 1. The van der Waals surface area contributed by atoms with Crippen molar-refractivity contribution in [1.29, 1.82) is 0 Å². The fourth-order valence-corrected chi connectivity index (χ4v) is 3.39. The molecular formula is C20H28N4. The number of aromatic nitrogens is 2. The van der Waals surface area contributed by atoms with Crippen LogP contribution in [0.25, 0.3) is 0 Å². The second-order valence-electron chi connectivity index (χ2n) is 6.88. The highest BCUT2D eigenvalue weighted by molar-refractivity contribution is 5.27. The molecule has 3 rings (SSSR count).